The van der Waals surface area contributed by atoms with E-state index < -0.39 is 17.9 Å². The maximum absolute atomic E-state index is 12.4. The van der Waals surface area contributed by atoms with E-state index in [2.05, 4.69) is 4.74 Å². The number of hydrogen-bond acceptors (Lipinski definition) is 5. The lowest BCUT2D eigenvalue weighted by atomic mass is 10.2. The zero-order chi connectivity index (χ0) is 22.0. The van der Waals surface area contributed by atoms with Crippen molar-refractivity contribution in [1.29, 1.82) is 0 Å². The van der Waals surface area contributed by atoms with Crippen molar-refractivity contribution in [3.63, 3.8) is 0 Å². The Bertz CT molecular complexity index is 879. The second-order valence-corrected chi connectivity index (χ2v) is 15.5. The lowest BCUT2D eigenvalue weighted by Gasteiger charge is -2.09. The van der Waals surface area contributed by atoms with Crippen molar-refractivity contribution >= 4 is 57.3 Å². The van der Waals surface area contributed by atoms with Gasteiger partial charge in [-0.25, -0.2) is 9.59 Å². The van der Waals surface area contributed by atoms with Crippen LogP contribution in [0.4, 0.5) is 0 Å². The fraction of sp³-hybridized carbons (Fsp3) is 0.238. The van der Waals surface area contributed by atoms with Crippen molar-refractivity contribution in [1.82, 2.24) is 0 Å². The third-order valence-electron chi connectivity index (χ3n) is 3.90. The van der Waals surface area contributed by atoms with Crippen LogP contribution in [0.2, 0.25) is 6.04 Å². The highest BCUT2D eigenvalue weighted by Gasteiger charge is 2.23. The van der Waals surface area contributed by atoms with Crippen LogP contribution < -0.4 is 9.47 Å². The molecule has 0 atom stereocenters. The molecule has 0 unspecified atom stereocenters. The molecule has 0 radical (unpaired) electrons. The Morgan fingerprint density at radius 3 is 2.40 bits per heavy atom. The van der Waals surface area contributed by atoms with E-state index in [4.69, 9.17) is 42.7 Å². The maximum Gasteiger partial charge on any atom is 0.343 e. The minimum Gasteiger partial charge on any atom is -0.494 e. The van der Waals surface area contributed by atoms with E-state index in [1.165, 1.54) is 13.2 Å². The van der Waals surface area contributed by atoms with Gasteiger partial charge in [0.15, 0.2) is 0 Å². The average Bonchev–Trinajstić information content (AvgIpc) is 2.71. The fourth-order valence-corrected chi connectivity index (χ4v) is 4.24. The minimum atomic E-state index is -2.57. The van der Waals surface area contributed by atoms with Gasteiger partial charge in [-0.3, -0.25) is 0 Å². The first-order valence-electron chi connectivity index (χ1n) is 9.15. The average molecular weight is 488 g/mol. The topological polar surface area (TPSA) is 61.8 Å². The SMILES string of the molecule is COC(=O)/C=C/c1cccc(OC(=O)c2ccc(OCCCC[Si](Cl)(Cl)Cl)cc2)c1. The van der Waals surface area contributed by atoms with Crippen LogP contribution in [0.25, 0.3) is 6.08 Å². The van der Waals surface area contributed by atoms with Crippen molar-refractivity contribution in [2.45, 2.75) is 18.9 Å². The molecule has 0 bridgehead atoms. The molecule has 0 amide bonds. The summed E-state index contributed by atoms with van der Waals surface area (Å²) in [6, 6.07) is 11.5. The van der Waals surface area contributed by atoms with Gasteiger partial charge in [0.2, 0.25) is 0 Å². The van der Waals surface area contributed by atoms with Crippen LogP contribution in [0.3, 0.4) is 0 Å². The van der Waals surface area contributed by atoms with Gasteiger partial charge in [0.25, 0.3) is 0 Å². The van der Waals surface area contributed by atoms with E-state index in [-0.39, 0.29) is 0 Å². The molecule has 5 nitrogen and oxygen atoms in total. The second-order valence-electron chi connectivity index (χ2n) is 6.26. The standard InChI is InChI=1S/C21H21Cl3O5Si/c1-27-20(25)12-7-16-5-4-6-19(15-16)29-21(26)17-8-10-18(11-9-17)28-13-2-3-14-30(22,23)24/h4-12,15H,2-3,13-14H2,1H3/b12-7+. The zero-order valence-electron chi connectivity index (χ0n) is 16.3. The monoisotopic (exact) mass is 486 g/mol. The Hall–Kier alpha value is -1.99. The van der Waals surface area contributed by atoms with Crippen molar-refractivity contribution < 1.29 is 23.8 Å². The molecule has 2 aromatic carbocycles. The van der Waals surface area contributed by atoms with Crippen molar-refractivity contribution in [2.24, 2.45) is 0 Å². The van der Waals surface area contributed by atoms with Crippen molar-refractivity contribution in [3.8, 4) is 11.5 Å². The highest BCUT2D eigenvalue weighted by Crippen LogP contribution is 2.27. The second kappa shape index (κ2) is 12.0. The van der Waals surface area contributed by atoms with Gasteiger partial charge in [-0.05, 0) is 66.9 Å². The van der Waals surface area contributed by atoms with Crippen LogP contribution in [-0.4, -0.2) is 31.7 Å². The Morgan fingerprint density at radius 2 is 1.73 bits per heavy atom. The summed E-state index contributed by atoms with van der Waals surface area (Å²) in [5.41, 5.74) is 1.09. The van der Waals surface area contributed by atoms with E-state index in [1.54, 1.807) is 54.6 Å². The number of carbonyl (C=O) groups excluding carboxylic acids is 2. The number of halogens is 3. The van der Waals surface area contributed by atoms with Gasteiger partial charge in [0.05, 0.1) is 19.3 Å². The Morgan fingerprint density at radius 1 is 1.00 bits per heavy atom. The lowest BCUT2D eigenvalue weighted by molar-refractivity contribution is -0.134. The molecule has 0 aliphatic heterocycles. The van der Waals surface area contributed by atoms with Crippen LogP contribution in [0.5, 0.6) is 11.5 Å². The minimum absolute atomic E-state index is 0.366. The highest BCUT2D eigenvalue weighted by molar-refractivity contribution is 7.64. The summed E-state index contributed by atoms with van der Waals surface area (Å²) in [5.74, 6) is 0.0487. The molecule has 0 N–H and O–H groups in total. The normalized spacial score (nSPS) is 11.3. The molecule has 0 saturated carbocycles. The molecule has 0 fully saturated rings. The fourth-order valence-electron chi connectivity index (χ4n) is 2.38. The molecule has 160 valence electrons. The lowest BCUT2D eigenvalue weighted by Crippen LogP contribution is -2.09. The van der Waals surface area contributed by atoms with Gasteiger partial charge in [-0.15, -0.1) is 33.2 Å². The zero-order valence-corrected chi connectivity index (χ0v) is 19.5. The van der Waals surface area contributed by atoms with Crippen molar-refractivity contribution in [3.05, 3.63) is 65.7 Å². The van der Waals surface area contributed by atoms with E-state index in [0.29, 0.717) is 35.3 Å². The largest absolute Gasteiger partial charge is 0.494 e. The summed E-state index contributed by atoms with van der Waals surface area (Å²) in [7, 11) is 1.30. The smallest absolute Gasteiger partial charge is 0.343 e. The Balaban J connectivity index is 1.86. The van der Waals surface area contributed by atoms with Crippen LogP contribution >= 0.6 is 33.2 Å². The van der Waals surface area contributed by atoms with Crippen LogP contribution in [0.15, 0.2) is 54.6 Å². The quantitative estimate of drug-likeness (QED) is 0.104. The molecule has 0 aliphatic carbocycles. The van der Waals surface area contributed by atoms with Gasteiger partial charge >= 0.3 is 17.9 Å². The molecule has 9 heteroatoms. The molecule has 2 aromatic rings. The van der Waals surface area contributed by atoms with Crippen molar-refractivity contribution in [2.75, 3.05) is 13.7 Å². The van der Waals surface area contributed by atoms with Gasteiger partial charge < -0.3 is 14.2 Å². The van der Waals surface area contributed by atoms with Gasteiger partial charge in [0.1, 0.15) is 11.5 Å². The molecule has 0 saturated heterocycles. The summed E-state index contributed by atoms with van der Waals surface area (Å²) in [5, 5.41) is 0. The first-order chi connectivity index (χ1) is 14.3. The molecular weight excluding hydrogens is 467 g/mol. The first kappa shape index (κ1) is 24.3. The predicted octanol–water partition coefficient (Wildman–Crippen LogP) is 5.91. The molecule has 0 heterocycles. The molecular formula is C21H21Cl3O5Si. The molecule has 30 heavy (non-hydrogen) atoms. The number of benzene rings is 2. The maximum atomic E-state index is 12.4. The van der Waals surface area contributed by atoms with Crippen LogP contribution in [-0.2, 0) is 9.53 Å². The van der Waals surface area contributed by atoms with Gasteiger partial charge in [0, 0.05) is 6.08 Å². The molecule has 2 rings (SSSR count). The summed E-state index contributed by atoms with van der Waals surface area (Å²) < 4.78 is 15.6. The molecule has 0 aromatic heterocycles. The number of rotatable bonds is 10. The Kier molecular flexibility index (Phi) is 9.72. The third kappa shape index (κ3) is 9.22. The number of hydrogen-bond donors (Lipinski definition) is 0. The van der Waals surface area contributed by atoms with E-state index in [1.807, 2.05) is 0 Å². The summed E-state index contributed by atoms with van der Waals surface area (Å²) in [6.45, 7) is 0.505. The summed E-state index contributed by atoms with van der Waals surface area (Å²) in [4.78, 5) is 23.5. The number of esters is 2. The third-order valence-corrected chi connectivity index (χ3v) is 6.52. The number of ether oxygens (including phenoxy) is 3. The first-order valence-corrected chi connectivity index (χ1v) is 14.4. The van der Waals surface area contributed by atoms with Gasteiger partial charge in [-0.2, -0.15) is 0 Å². The molecule has 0 aliphatic rings. The van der Waals surface area contributed by atoms with E-state index in [9.17, 15) is 9.59 Å². The van der Waals surface area contributed by atoms with E-state index in [0.717, 1.165) is 12.8 Å². The van der Waals surface area contributed by atoms with Crippen LogP contribution in [0, 0.1) is 0 Å². The van der Waals surface area contributed by atoms with Gasteiger partial charge in [-0.1, -0.05) is 12.1 Å². The predicted molar refractivity (Wildman–Crippen MR) is 122 cm³/mol. The number of methoxy groups -OCH3 is 1. The summed E-state index contributed by atoms with van der Waals surface area (Å²) in [6.07, 6.45) is 4.44. The summed E-state index contributed by atoms with van der Waals surface area (Å²) >= 11 is 17.5. The van der Waals surface area contributed by atoms with Crippen LogP contribution in [0.1, 0.15) is 28.8 Å². The Labute approximate surface area is 190 Å². The van der Waals surface area contributed by atoms with E-state index >= 15 is 0 Å². The molecule has 0 spiro atoms. The number of carbonyl (C=O) groups is 2. The highest BCUT2D eigenvalue weighted by atomic mass is 35.8. The number of unbranched alkanes of at least 4 members (excludes halogenated alkanes) is 1.